The SMILES string of the molecule is CCC#CCCNc1nccc(C(=O)O)n1. The number of carboxylic acids is 1. The Morgan fingerprint density at radius 2 is 2.38 bits per heavy atom. The van der Waals surface area contributed by atoms with E-state index in [4.69, 9.17) is 5.11 Å². The Hall–Kier alpha value is -2.09. The van der Waals surface area contributed by atoms with E-state index < -0.39 is 5.97 Å². The van der Waals surface area contributed by atoms with E-state index in [0.717, 1.165) is 6.42 Å². The molecule has 16 heavy (non-hydrogen) atoms. The van der Waals surface area contributed by atoms with Gasteiger partial charge in [-0.15, -0.1) is 11.8 Å². The van der Waals surface area contributed by atoms with Crippen LogP contribution >= 0.6 is 0 Å². The van der Waals surface area contributed by atoms with Crippen molar-refractivity contribution < 1.29 is 9.90 Å². The fourth-order valence-electron chi connectivity index (χ4n) is 1.01. The molecule has 0 atom stereocenters. The number of carboxylic acid groups (broad SMARTS) is 1. The fourth-order valence-corrected chi connectivity index (χ4v) is 1.01. The molecule has 0 saturated heterocycles. The summed E-state index contributed by atoms with van der Waals surface area (Å²) in [6.07, 6.45) is 2.94. The van der Waals surface area contributed by atoms with Crippen LogP contribution in [0.25, 0.3) is 0 Å². The van der Waals surface area contributed by atoms with Gasteiger partial charge in [0.1, 0.15) is 0 Å². The molecule has 0 aliphatic rings. The number of anilines is 1. The van der Waals surface area contributed by atoms with Crippen molar-refractivity contribution in [1.29, 1.82) is 0 Å². The lowest BCUT2D eigenvalue weighted by Gasteiger charge is -2.01. The Balaban J connectivity index is 2.48. The Morgan fingerprint density at radius 1 is 1.56 bits per heavy atom. The van der Waals surface area contributed by atoms with Gasteiger partial charge in [0, 0.05) is 25.6 Å². The topological polar surface area (TPSA) is 75.1 Å². The van der Waals surface area contributed by atoms with Gasteiger partial charge in [0.05, 0.1) is 0 Å². The largest absolute Gasteiger partial charge is 0.477 e. The average Bonchev–Trinajstić information content (AvgIpc) is 2.29. The number of aromatic nitrogens is 2. The first kappa shape index (κ1) is 12.0. The highest BCUT2D eigenvalue weighted by Gasteiger charge is 2.04. The molecule has 0 unspecified atom stereocenters. The van der Waals surface area contributed by atoms with Gasteiger partial charge in [-0.1, -0.05) is 6.92 Å². The van der Waals surface area contributed by atoms with E-state index in [9.17, 15) is 4.79 Å². The zero-order valence-electron chi connectivity index (χ0n) is 9.03. The van der Waals surface area contributed by atoms with E-state index in [-0.39, 0.29) is 5.69 Å². The minimum absolute atomic E-state index is 0.0165. The summed E-state index contributed by atoms with van der Waals surface area (Å²) in [7, 11) is 0. The van der Waals surface area contributed by atoms with E-state index in [0.29, 0.717) is 18.9 Å². The Morgan fingerprint density at radius 3 is 3.06 bits per heavy atom. The second kappa shape index (κ2) is 6.40. The van der Waals surface area contributed by atoms with Gasteiger partial charge in [0.2, 0.25) is 5.95 Å². The lowest BCUT2D eigenvalue weighted by molar-refractivity contribution is 0.0690. The summed E-state index contributed by atoms with van der Waals surface area (Å²) in [6, 6.07) is 1.35. The molecule has 2 N–H and O–H groups in total. The van der Waals surface area contributed by atoms with Crippen molar-refractivity contribution >= 4 is 11.9 Å². The number of carbonyl (C=O) groups is 1. The lowest BCUT2D eigenvalue weighted by Crippen LogP contribution is -2.08. The molecule has 1 aromatic heterocycles. The third-order valence-electron chi connectivity index (χ3n) is 1.71. The van der Waals surface area contributed by atoms with Gasteiger partial charge >= 0.3 is 5.97 Å². The zero-order chi connectivity index (χ0) is 11.8. The summed E-state index contributed by atoms with van der Waals surface area (Å²) in [5.41, 5.74) is -0.0165. The van der Waals surface area contributed by atoms with Crippen molar-refractivity contribution in [3.63, 3.8) is 0 Å². The van der Waals surface area contributed by atoms with Gasteiger partial charge in [0.15, 0.2) is 5.69 Å². The van der Waals surface area contributed by atoms with E-state index in [1.165, 1.54) is 12.3 Å². The van der Waals surface area contributed by atoms with Crippen LogP contribution in [0, 0.1) is 11.8 Å². The molecule has 0 amide bonds. The van der Waals surface area contributed by atoms with E-state index >= 15 is 0 Å². The smallest absolute Gasteiger partial charge is 0.354 e. The predicted octanol–water partition coefficient (Wildman–Crippen LogP) is 1.39. The maximum absolute atomic E-state index is 10.6. The van der Waals surface area contributed by atoms with Crippen LogP contribution in [-0.2, 0) is 0 Å². The molecule has 0 fully saturated rings. The van der Waals surface area contributed by atoms with E-state index in [1.807, 2.05) is 6.92 Å². The normalized spacial score (nSPS) is 9.06. The fraction of sp³-hybridized carbons (Fsp3) is 0.364. The van der Waals surface area contributed by atoms with Crippen LogP contribution in [0.1, 0.15) is 30.3 Å². The van der Waals surface area contributed by atoms with Gasteiger partial charge in [-0.25, -0.2) is 14.8 Å². The van der Waals surface area contributed by atoms with Crippen molar-refractivity contribution in [3.05, 3.63) is 18.0 Å². The van der Waals surface area contributed by atoms with Crippen LogP contribution in [-0.4, -0.2) is 27.6 Å². The Kier molecular flexibility index (Phi) is 4.80. The van der Waals surface area contributed by atoms with Gasteiger partial charge in [0.25, 0.3) is 0 Å². The molecule has 1 rings (SSSR count). The zero-order valence-corrected chi connectivity index (χ0v) is 9.03. The summed E-state index contributed by atoms with van der Waals surface area (Å²) in [4.78, 5) is 18.4. The third kappa shape index (κ3) is 3.96. The van der Waals surface area contributed by atoms with Crippen LogP contribution in [0.15, 0.2) is 12.3 Å². The number of hydrogen-bond acceptors (Lipinski definition) is 4. The van der Waals surface area contributed by atoms with Crippen molar-refractivity contribution in [2.75, 3.05) is 11.9 Å². The van der Waals surface area contributed by atoms with E-state index in [2.05, 4.69) is 27.1 Å². The summed E-state index contributed by atoms with van der Waals surface area (Å²) in [6.45, 7) is 2.59. The van der Waals surface area contributed by atoms with Crippen LogP contribution in [0.3, 0.4) is 0 Å². The van der Waals surface area contributed by atoms with Gasteiger partial charge < -0.3 is 10.4 Å². The molecular formula is C11H13N3O2. The standard InChI is InChI=1S/C11H13N3O2/c1-2-3-4-5-7-12-11-13-8-6-9(14-11)10(15)16/h6,8H,2,5,7H2,1H3,(H,15,16)(H,12,13,14). The average molecular weight is 219 g/mol. The Labute approximate surface area is 93.9 Å². The van der Waals surface area contributed by atoms with Crippen molar-refractivity contribution in [3.8, 4) is 11.8 Å². The predicted molar refractivity (Wildman–Crippen MR) is 60.2 cm³/mol. The highest BCUT2D eigenvalue weighted by molar-refractivity contribution is 5.85. The second-order valence-electron chi connectivity index (χ2n) is 2.95. The minimum atomic E-state index is -1.06. The maximum Gasteiger partial charge on any atom is 0.354 e. The van der Waals surface area contributed by atoms with Crippen molar-refractivity contribution in [1.82, 2.24) is 9.97 Å². The first-order valence-corrected chi connectivity index (χ1v) is 5.00. The van der Waals surface area contributed by atoms with E-state index in [1.54, 1.807) is 0 Å². The quantitative estimate of drug-likeness (QED) is 0.591. The van der Waals surface area contributed by atoms with Crippen molar-refractivity contribution in [2.45, 2.75) is 19.8 Å². The highest BCUT2D eigenvalue weighted by Crippen LogP contribution is 2.00. The van der Waals surface area contributed by atoms with Crippen LogP contribution < -0.4 is 5.32 Å². The summed E-state index contributed by atoms with van der Waals surface area (Å²) < 4.78 is 0. The summed E-state index contributed by atoms with van der Waals surface area (Å²) in [5, 5.41) is 11.6. The number of nitrogens with zero attached hydrogens (tertiary/aromatic N) is 2. The number of aromatic carboxylic acids is 1. The number of nitrogens with one attached hydrogen (secondary N) is 1. The molecule has 0 bridgehead atoms. The molecule has 0 aliphatic heterocycles. The molecule has 0 spiro atoms. The molecule has 84 valence electrons. The molecule has 0 aliphatic carbocycles. The van der Waals surface area contributed by atoms with Crippen LogP contribution in [0.5, 0.6) is 0 Å². The van der Waals surface area contributed by atoms with Gasteiger partial charge in [-0.05, 0) is 6.07 Å². The number of hydrogen-bond donors (Lipinski definition) is 2. The minimum Gasteiger partial charge on any atom is -0.477 e. The maximum atomic E-state index is 10.6. The van der Waals surface area contributed by atoms with Gasteiger partial charge in [-0.2, -0.15) is 0 Å². The lowest BCUT2D eigenvalue weighted by atomic mass is 10.4. The Bertz CT molecular complexity index is 421. The second-order valence-corrected chi connectivity index (χ2v) is 2.95. The molecule has 5 heteroatoms. The molecule has 5 nitrogen and oxygen atoms in total. The van der Waals surface area contributed by atoms with Crippen LogP contribution in [0.2, 0.25) is 0 Å². The van der Waals surface area contributed by atoms with Crippen molar-refractivity contribution in [2.24, 2.45) is 0 Å². The van der Waals surface area contributed by atoms with Crippen LogP contribution in [0.4, 0.5) is 5.95 Å². The summed E-state index contributed by atoms with van der Waals surface area (Å²) >= 11 is 0. The molecule has 1 heterocycles. The molecular weight excluding hydrogens is 206 g/mol. The third-order valence-corrected chi connectivity index (χ3v) is 1.71. The summed E-state index contributed by atoms with van der Waals surface area (Å²) in [5.74, 6) is 5.16. The molecule has 0 aromatic carbocycles. The van der Waals surface area contributed by atoms with Gasteiger partial charge in [-0.3, -0.25) is 0 Å². The first-order valence-electron chi connectivity index (χ1n) is 5.00. The molecule has 1 aromatic rings. The highest BCUT2D eigenvalue weighted by atomic mass is 16.4. The number of rotatable bonds is 4. The molecule has 0 saturated carbocycles. The molecule has 0 radical (unpaired) electrons. The monoisotopic (exact) mass is 219 g/mol. The first-order chi connectivity index (χ1) is 7.74.